The van der Waals surface area contributed by atoms with Gasteiger partial charge in [0, 0.05) is 70.8 Å². The monoisotopic (exact) mass is 401 g/mol. The quantitative estimate of drug-likeness (QED) is 0.616. The first kappa shape index (κ1) is 19.6. The summed E-state index contributed by atoms with van der Waals surface area (Å²) < 4.78 is 0. The maximum atomic E-state index is 12.7. The summed E-state index contributed by atoms with van der Waals surface area (Å²) in [4.78, 5) is 52.9. The lowest BCUT2D eigenvalue weighted by Gasteiger charge is -2.37. The highest BCUT2D eigenvalue weighted by atomic mass is 16.2. The van der Waals surface area contributed by atoms with Crippen LogP contribution in [0.5, 0.6) is 0 Å². The summed E-state index contributed by atoms with van der Waals surface area (Å²) in [5.74, 6) is -0.157. The van der Waals surface area contributed by atoms with Crippen LogP contribution < -0.4 is 10.2 Å². The van der Waals surface area contributed by atoms with Crippen LogP contribution in [0.1, 0.15) is 12.8 Å². The highest BCUT2D eigenvalue weighted by molar-refractivity contribution is 6.35. The second-order valence-corrected chi connectivity index (χ2v) is 7.73. The molecule has 1 saturated carbocycles. The molecule has 1 aromatic heterocycles. The molecular weight excluding hydrogens is 374 g/mol. The van der Waals surface area contributed by atoms with Gasteiger partial charge in [-0.25, -0.2) is 9.97 Å². The van der Waals surface area contributed by atoms with Crippen LogP contribution in [0.15, 0.2) is 18.5 Å². The van der Waals surface area contributed by atoms with Crippen LogP contribution >= 0.6 is 0 Å². The van der Waals surface area contributed by atoms with Crippen LogP contribution in [-0.4, -0.2) is 107 Å². The van der Waals surface area contributed by atoms with E-state index in [4.69, 9.17) is 0 Å². The van der Waals surface area contributed by atoms with Gasteiger partial charge in [0.05, 0.1) is 6.54 Å². The van der Waals surface area contributed by atoms with Crippen LogP contribution in [0.25, 0.3) is 0 Å². The molecular formula is C19H27N7O3. The standard InChI is InChI=1S/C19H27N7O3/c27-16(24-10-12-26(13-11-24)19-20-4-1-5-21-19)14-23-6-8-25(9-7-23)18(29)17(28)22-15-2-3-15/h1,4-5,15H,2-3,6-14H2,(H,22,28). The number of anilines is 1. The maximum absolute atomic E-state index is 12.7. The molecule has 10 heteroatoms. The van der Waals surface area contributed by atoms with Gasteiger partial charge in [-0.15, -0.1) is 0 Å². The number of amides is 3. The Morgan fingerprint density at radius 3 is 2.14 bits per heavy atom. The number of carbonyl (C=O) groups is 3. The molecule has 2 aliphatic heterocycles. The maximum Gasteiger partial charge on any atom is 0.311 e. The van der Waals surface area contributed by atoms with Crippen molar-refractivity contribution >= 4 is 23.7 Å². The van der Waals surface area contributed by atoms with Crippen molar-refractivity contribution in [1.82, 2.24) is 30.0 Å². The van der Waals surface area contributed by atoms with Crippen LogP contribution in [-0.2, 0) is 14.4 Å². The number of piperazine rings is 2. The summed E-state index contributed by atoms with van der Waals surface area (Å²) in [7, 11) is 0. The van der Waals surface area contributed by atoms with Crippen LogP contribution in [0.3, 0.4) is 0 Å². The van der Waals surface area contributed by atoms with Gasteiger partial charge in [-0.3, -0.25) is 19.3 Å². The number of carbonyl (C=O) groups excluding carboxylic acids is 3. The largest absolute Gasteiger partial charge is 0.345 e. The number of hydrogen-bond donors (Lipinski definition) is 1. The lowest BCUT2D eigenvalue weighted by molar-refractivity contribution is -0.147. The molecule has 10 nitrogen and oxygen atoms in total. The number of hydrogen-bond acceptors (Lipinski definition) is 7. The molecule has 3 aliphatic rings. The molecule has 3 amide bonds. The normalized spacial score (nSPS) is 20.5. The topological polar surface area (TPSA) is 102 Å². The van der Waals surface area contributed by atoms with Gasteiger partial charge in [-0.05, 0) is 18.9 Å². The molecule has 0 bridgehead atoms. The average molecular weight is 401 g/mol. The molecule has 0 spiro atoms. The molecule has 1 aliphatic carbocycles. The van der Waals surface area contributed by atoms with E-state index in [-0.39, 0.29) is 11.9 Å². The van der Waals surface area contributed by atoms with E-state index in [0.29, 0.717) is 64.9 Å². The third-order valence-electron chi connectivity index (χ3n) is 5.59. The zero-order chi connectivity index (χ0) is 20.2. The van der Waals surface area contributed by atoms with Crippen LogP contribution in [0.4, 0.5) is 5.95 Å². The predicted molar refractivity (Wildman–Crippen MR) is 105 cm³/mol. The van der Waals surface area contributed by atoms with Crippen LogP contribution in [0, 0.1) is 0 Å². The van der Waals surface area contributed by atoms with Crippen molar-refractivity contribution in [2.24, 2.45) is 0 Å². The number of nitrogens with one attached hydrogen (secondary N) is 1. The van der Waals surface area contributed by atoms with Gasteiger partial charge in [0.15, 0.2) is 0 Å². The third kappa shape index (κ3) is 5.00. The Morgan fingerprint density at radius 1 is 0.897 bits per heavy atom. The molecule has 0 atom stereocenters. The van der Waals surface area contributed by atoms with Crippen molar-refractivity contribution in [2.75, 3.05) is 63.8 Å². The molecule has 0 radical (unpaired) electrons. The van der Waals surface area contributed by atoms with E-state index in [1.807, 2.05) is 4.90 Å². The number of rotatable bonds is 4. The van der Waals surface area contributed by atoms with Gasteiger partial charge in [-0.2, -0.15) is 0 Å². The van der Waals surface area contributed by atoms with Crippen molar-refractivity contribution in [3.63, 3.8) is 0 Å². The summed E-state index contributed by atoms with van der Waals surface area (Å²) in [6, 6.07) is 1.97. The Bertz CT molecular complexity index is 739. The predicted octanol–water partition coefficient (Wildman–Crippen LogP) is -1.45. The molecule has 0 aromatic carbocycles. The lowest BCUT2D eigenvalue weighted by Crippen LogP contribution is -2.56. The van der Waals surface area contributed by atoms with Crippen molar-refractivity contribution in [1.29, 1.82) is 0 Å². The summed E-state index contributed by atoms with van der Waals surface area (Å²) in [6.07, 6.45) is 5.36. The van der Waals surface area contributed by atoms with Crippen LogP contribution in [0.2, 0.25) is 0 Å². The molecule has 4 rings (SSSR count). The highest BCUT2D eigenvalue weighted by Gasteiger charge is 2.31. The minimum atomic E-state index is -0.503. The van der Waals surface area contributed by atoms with Crippen molar-refractivity contribution in [2.45, 2.75) is 18.9 Å². The Morgan fingerprint density at radius 2 is 1.52 bits per heavy atom. The molecule has 3 heterocycles. The van der Waals surface area contributed by atoms with E-state index in [1.54, 1.807) is 23.4 Å². The second kappa shape index (κ2) is 8.73. The van der Waals surface area contributed by atoms with Gasteiger partial charge in [0.25, 0.3) is 0 Å². The molecule has 1 N–H and O–H groups in total. The van der Waals surface area contributed by atoms with E-state index < -0.39 is 11.8 Å². The molecule has 3 fully saturated rings. The van der Waals surface area contributed by atoms with Gasteiger partial charge >= 0.3 is 11.8 Å². The van der Waals surface area contributed by atoms with E-state index in [2.05, 4.69) is 25.1 Å². The Hall–Kier alpha value is -2.75. The summed E-state index contributed by atoms with van der Waals surface area (Å²) in [5.41, 5.74) is 0. The zero-order valence-corrected chi connectivity index (χ0v) is 16.5. The highest BCUT2D eigenvalue weighted by Crippen LogP contribution is 2.18. The van der Waals surface area contributed by atoms with E-state index in [1.165, 1.54) is 0 Å². The Kier molecular flexibility index (Phi) is 5.89. The number of nitrogens with zero attached hydrogens (tertiary/aromatic N) is 6. The van der Waals surface area contributed by atoms with Crippen molar-refractivity contribution in [3.8, 4) is 0 Å². The van der Waals surface area contributed by atoms with Gasteiger partial charge < -0.3 is 20.0 Å². The van der Waals surface area contributed by atoms with Crippen molar-refractivity contribution < 1.29 is 14.4 Å². The molecule has 1 aromatic rings. The summed E-state index contributed by atoms with van der Waals surface area (Å²) in [5, 5.41) is 2.74. The fraction of sp³-hybridized carbons (Fsp3) is 0.632. The Labute approximate surface area is 169 Å². The van der Waals surface area contributed by atoms with E-state index in [9.17, 15) is 14.4 Å². The first-order valence-corrected chi connectivity index (χ1v) is 10.2. The first-order chi connectivity index (χ1) is 14.1. The fourth-order valence-electron chi connectivity index (χ4n) is 3.63. The summed E-state index contributed by atoms with van der Waals surface area (Å²) in [6.45, 7) is 5.23. The van der Waals surface area contributed by atoms with Gasteiger partial charge in [-0.1, -0.05) is 0 Å². The zero-order valence-electron chi connectivity index (χ0n) is 16.5. The molecule has 2 saturated heterocycles. The van der Waals surface area contributed by atoms with E-state index in [0.717, 1.165) is 12.8 Å². The minimum absolute atomic E-state index is 0.102. The van der Waals surface area contributed by atoms with Crippen molar-refractivity contribution in [3.05, 3.63) is 18.5 Å². The third-order valence-corrected chi connectivity index (χ3v) is 5.59. The van der Waals surface area contributed by atoms with Gasteiger partial charge in [0.2, 0.25) is 11.9 Å². The first-order valence-electron chi connectivity index (χ1n) is 10.2. The Balaban J connectivity index is 1.18. The minimum Gasteiger partial charge on any atom is -0.345 e. The SMILES string of the molecule is O=C(NC1CC1)C(=O)N1CCN(CC(=O)N2CCN(c3ncccn3)CC2)CC1. The molecule has 156 valence electrons. The summed E-state index contributed by atoms with van der Waals surface area (Å²) >= 11 is 0. The lowest BCUT2D eigenvalue weighted by atomic mass is 10.2. The smallest absolute Gasteiger partial charge is 0.311 e. The fourth-order valence-corrected chi connectivity index (χ4v) is 3.63. The second-order valence-electron chi connectivity index (χ2n) is 7.73. The average Bonchev–Trinajstić information content (AvgIpc) is 3.58. The number of aromatic nitrogens is 2. The molecule has 29 heavy (non-hydrogen) atoms. The van der Waals surface area contributed by atoms with Gasteiger partial charge in [0.1, 0.15) is 0 Å². The molecule has 0 unspecified atom stereocenters. The van der Waals surface area contributed by atoms with E-state index >= 15 is 0 Å².